The number of carbonyl (C=O) groups is 1. The molecule has 7 heteroatoms. The molecule has 7 nitrogen and oxygen atoms in total. The third-order valence-electron chi connectivity index (χ3n) is 5.76. The van der Waals surface area contributed by atoms with E-state index in [0.29, 0.717) is 23.5 Å². The summed E-state index contributed by atoms with van der Waals surface area (Å²) in [5, 5.41) is 10.3. The molecule has 1 aromatic carbocycles. The number of aromatic nitrogens is 3. The van der Waals surface area contributed by atoms with Crippen molar-refractivity contribution in [3.05, 3.63) is 41.8 Å². The maximum atomic E-state index is 12.8. The lowest BCUT2D eigenvalue weighted by molar-refractivity contribution is 0.101. The number of fused-ring (bicyclic) bond motifs is 1. The molecule has 2 aromatic heterocycles. The van der Waals surface area contributed by atoms with E-state index in [2.05, 4.69) is 25.3 Å². The molecule has 1 amide bonds. The minimum Gasteiger partial charge on any atom is -0.361 e. The van der Waals surface area contributed by atoms with Gasteiger partial charge >= 0.3 is 0 Å². The van der Waals surface area contributed by atoms with E-state index in [1.807, 2.05) is 24.3 Å². The molecule has 2 N–H and O–H groups in total. The lowest BCUT2D eigenvalue weighted by atomic mass is 9.93. The predicted octanol–water partition coefficient (Wildman–Crippen LogP) is 3.23. The van der Waals surface area contributed by atoms with Gasteiger partial charge in [0.2, 0.25) is 5.95 Å². The fraction of sp³-hybridized carbons (Fsp3) is 0.476. The first-order valence-electron chi connectivity index (χ1n) is 10.2. The Labute approximate surface area is 163 Å². The highest BCUT2D eigenvalue weighted by molar-refractivity contribution is 6.02. The Kier molecular flexibility index (Phi) is 4.60. The van der Waals surface area contributed by atoms with Gasteiger partial charge in [-0.3, -0.25) is 10.1 Å². The van der Waals surface area contributed by atoms with Crippen LogP contribution in [0.15, 0.2) is 34.9 Å². The van der Waals surface area contributed by atoms with Crippen LogP contribution >= 0.6 is 0 Å². The second-order valence-corrected chi connectivity index (χ2v) is 8.01. The van der Waals surface area contributed by atoms with Crippen LogP contribution in [0.25, 0.3) is 11.0 Å². The Hall–Kier alpha value is -2.67. The van der Waals surface area contributed by atoms with Crippen LogP contribution in [-0.4, -0.2) is 33.7 Å². The quantitative estimate of drug-likeness (QED) is 0.687. The molecule has 1 saturated heterocycles. The summed E-state index contributed by atoms with van der Waals surface area (Å²) < 4.78 is 7.54. The number of hydrogen-bond donors (Lipinski definition) is 2. The van der Waals surface area contributed by atoms with Gasteiger partial charge < -0.3 is 14.4 Å². The van der Waals surface area contributed by atoms with Gasteiger partial charge in [0.25, 0.3) is 5.91 Å². The van der Waals surface area contributed by atoms with E-state index in [-0.39, 0.29) is 5.91 Å². The summed E-state index contributed by atoms with van der Waals surface area (Å²) in [6.07, 6.45) is 5.58. The molecule has 1 saturated carbocycles. The third kappa shape index (κ3) is 3.67. The van der Waals surface area contributed by atoms with Gasteiger partial charge in [-0.1, -0.05) is 17.3 Å². The van der Waals surface area contributed by atoms with Gasteiger partial charge in [0.05, 0.1) is 11.0 Å². The number of para-hydroxylation sites is 2. The normalized spacial score (nSPS) is 17.9. The van der Waals surface area contributed by atoms with Gasteiger partial charge in [0, 0.05) is 19.0 Å². The average molecular weight is 379 g/mol. The van der Waals surface area contributed by atoms with Gasteiger partial charge in [-0.2, -0.15) is 0 Å². The van der Waals surface area contributed by atoms with Crippen molar-refractivity contribution in [3.63, 3.8) is 0 Å². The lowest BCUT2D eigenvalue weighted by Crippen LogP contribution is -2.28. The Bertz CT molecular complexity index is 982. The highest BCUT2D eigenvalue weighted by Crippen LogP contribution is 2.33. The van der Waals surface area contributed by atoms with E-state index >= 15 is 0 Å². The molecular weight excluding hydrogens is 354 g/mol. The van der Waals surface area contributed by atoms with E-state index in [1.165, 1.54) is 12.8 Å². The van der Waals surface area contributed by atoms with E-state index in [1.54, 1.807) is 6.07 Å². The molecule has 28 heavy (non-hydrogen) atoms. The summed E-state index contributed by atoms with van der Waals surface area (Å²) in [6, 6.07) is 9.76. The Balaban J connectivity index is 1.32. The molecule has 1 aliphatic heterocycles. The van der Waals surface area contributed by atoms with E-state index in [4.69, 9.17) is 4.52 Å². The maximum Gasteiger partial charge on any atom is 0.280 e. The van der Waals surface area contributed by atoms with Crippen LogP contribution in [0.4, 0.5) is 5.95 Å². The number of carbonyl (C=O) groups excluding carboxylic acids is 1. The van der Waals surface area contributed by atoms with Crippen LogP contribution < -0.4 is 10.6 Å². The molecule has 0 atom stereocenters. The first-order chi connectivity index (χ1) is 13.8. The van der Waals surface area contributed by atoms with Crippen molar-refractivity contribution in [2.75, 3.05) is 18.4 Å². The summed E-state index contributed by atoms with van der Waals surface area (Å²) in [4.78, 5) is 17.4. The molecule has 1 aliphatic carbocycles. The fourth-order valence-electron chi connectivity index (χ4n) is 3.97. The largest absolute Gasteiger partial charge is 0.361 e. The van der Waals surface area contributed by atoms with Gasteiger partial charge in [-0.15, -0.1) is 0 Å². The van der Waals surface area contributed by atoms with E-state index in [0.717, 1.165) is 55.7 Å². The number of nitrogens with one attached hydrogen (secondary N) is 2. The Morgan fingerprint density at radius 3 is 2.82 bits per heavy atom. The van der Waals surface area contributed by atoms with Crippen molar-refractivity contribution in [1.82, 2.24) is 20.0 Å². The summed E-state index contributed by atoms with van der Waals surface area (Å²) in [7, 11) is 0. The summed E-state index contributed by atoms with van der Waals surface area (Å²) in [5.41, 5.74) is 2.26. The highest BCUT2D eigenvalue weighted by atomic mass is 16.5. The van der Waals surface area contributed by atoms with Crippen molar-refractivity contribution in [2.24, 2.45) is 11.8 Å². The maximum absolute atomic E-state index is 12.8. The average Bonchev–Trinajstić information content (AvgIpc) is 3.31. The van der Waals surface area contributed by atoms with E-state index in [9.17, 15) is 4.79 Å². The van der Waals surface area contributed by atoms with Gasteiger partial charge in [0.15, 0.2) is 5.69 Å². The number of imidazole rings is 1. The molecule has 3 aromatic rings. The van der Waals surface area contributed by atoms with Crippen molar-refractivity contribution in [1.29, 1.82) is 0 Å². The molecule has 2 fully saturated rings. The summed E-state index contributed by atoms with van der Waals surface area (Å²) >= 11 is 0. The van der Waals surface area contributed by atoms with Crippen molar-refractivity contribution >= 4 is 22.9 Å². The Morgan fingerprint density at radius 2 is 2.00 bits per heavy atom. The minimum atomic E-state index is -0.271. The molecule has 146 valence electrons. The van der Waals surface area contributed by atoms with Crippen LogP contribution in [0.2, 0.25) is 0 Å². The van der Waals surface area contributed by atoms with Crippen LogP contribution in [0.5, 0.6) is 0 Å². The molecule has 2 aliphatic rings. The molecule has 0 bridgehead atoms. The molecule has 0 unspecified atom stereocenters. The van der Waals surface area contributed by atoms with Crippen LogP contribution in [-0.2, 0) is 13.0 Å². The fourth-order valence-corrected chi connectivity index (χ4v) is 3.97. The summed E-state index contributed by atoms with van der Waals surface area (Å²) in [5.74, 6) is 2.36. The first-order valence-corrected chi connectivity index (χ1v) is 10.2. The second kappa shape index (κ2) is 7.39. The first kappa shape index (κ1) is 17.4. The smallest absolute Gasteiger partial charge is 0.280 e. The second-order valence-electron chi connectivity index (χ2n) is 8.01. The van der Waals surface area contributed by atoms with Gasteiger partial charge in [-0.25, -0.2) is 4.98 Å². The van der Waals surface area contributed by atoms with Crippen molar-refractivity contribution in [2.45, 2.75) is 38.6 Å². The number of benzene rings is 1. The lowest BCUT2D eigenvalue weighted by Gasteiger charge is -2.21. The minimum absolute atomic E-state index is 0.271. The number of rotatable bonds is 6. The third-order valence-corrected chi connectivity index (χ3v) is 5.76. The highest BCUT2D eigenvalue weighted by Gasteiger charge is 2.25. The zero-order valence-corrected chi connectivity index (χ0v) is 15.9. The number of nitrogens with zero attached hydrogens (tertiary/aromatic N) is 3. The molecule has 3 heterocycles. The predicted molar refractivity (Wildman–Crippen MR) is 106 cm³/mol. The van der Waals surface area contributed by atoms with Crippen LogP contribution in [0.3, 0.4) is 0 Å². The zero-order chi connectivity index (χ0) is 18.9. The standard InChI is InChI=1S/C21H25N5O2/c27-20(18-12-16(28-25-18)11-14-7-9-22-10-8-14)24-21-23-17-3-1-2-4-19(17)26(21)13-15-5-6-15/h1-4,12,14-15,22H,5-11,13H2,(H,23,24,27). The molecular formula is C21H25N5O2. The zero-order valence-electron chi connectivity index (χ0n) is 15.9. The van der Waals surface area contributed by atoms with Crippen LogP contribution in [0, 0.1) is 11.8 Å². The molecule has 5 rings (SSSR count). The van der Waals surface area contributed by atoms with Crippen molar-refractivity contribution < 1.29 is 9.32 Å². The van der Waals surface area contributed by atoms with E-state index < -0.39 is 0 Å². The summed E-state index contributed by atoms with van der Waals surface area (Å²) in [6.45, 7) is 2.97. The topological polar surface area (TPSA) is 85.0 Å². The Morgan fingerprint density at radius 1 is 1.18 bits per heavy atom. The molecule has 0 spiro atoms. The van der Waals surface area contributed by atoms with Crippen molar-refractivity contribution in [3.8, 4) is 0 Å². The number of amides is 1. The number of hydrogen-bond acceptors (Lipinski definition) is 5. The SMILES string of the molecule is O=C(Nc1nc2ccccc2n1CC1CC1)c1cc(CC2CCNCC2)on1. The van der Waals surface area contributed by atoms with Gasteiger partial charge in [0.1, 0.15) is 5.76 Å². The number of piperidine rings is 1. The monoisotopic (exact) mass is 379 g/mol. The van der Waals surface area contributed by atoms with Crippen LogP contribution in [0.1, 0.15) is 41.9 Å². The van der Waals surface area contributed by atoms with Gasteiger partial charge in [-0.05, 0) is 62.7 Å². The number of anilines is 1. The molecule has 0 radical (unpaired) electrons.